The van der Waals surface area contributed by atoms with Crippen molar-refractivity contribution in [3.63, 3.8) is 0 Å². The van der Waals surface area contributed by atoms with Crippen LogP contribution >= 0.6 is 34.5 Å². The molecule has 1 aliphatic heterocycles. The van der Waals surface area contributed by atoms with Crippen molar-refractivity contribution in [2.75, 3.05) is 13.2 Å². The van der Waals surface area contributed by atoms with Crippen LogP contribution in [-0.2, 0) is 0 Å². The van der Waals surface area contributed by atoms with Gasteiger partial charge in [-0.05, 0) is 25.0 Å². The molecule has 1 aromatic carbocycles. The third-order valence-electron chi connectivity index (χ3n) is 3.63. The minimum atomic E-state index is -0.0936. The zero-order valence-electron chi connectivity index (χ0n) is 10.6. The van der Waals surface area contributed by atoms with E-state index < -0.39 is 0 Å². The summed E-state index contributed by atoms with van der Waals surface area (Å²) in [4.78, 5) is 14.9. The second-order valence-corrected chi connectivity index (χ2v) is 6.73. The third kappa shape index (κ3) is 2.31. The summed E-state index contributed by atoms with van der Waals surface area (Å²) in [5.41, 5.74) is 0. The number of halogens is 2. The zero-order chi connectivity index (χ0) is 14.3. The van der Waals surface area contributed by atoms with Crippen LogP contribution in [0.4, 0.5) is 0 Å². The van der Waals surface area contributed by atoms with E-state index in [-0.39, 0.29) is 18.6 Å². The Balaban J connectivity index is 2.01. The molecule has 106 valence electrons. The number of thiophene rings is 1. The molecule has 1 amide bonds. The quantitative estimate of drug-likeness (QED) is 0.910. The first kappa shape index (κ1) is 14.1. The van der Waals surface area contributed by atoms with Gasteiger partial charge in [-0.15, -0.1) is 11.3 Å². The van der Waals surface area contributed by atoms with Gasteiger partial charge in [0.15, 0.2) is 0 Å². The van der Waals surface area contributed by atoms with Crippen molar-refractivity contribution < 1.29 is 9.90 Å². The molecule has 0 bridgehead atoms. The van der Waals surface area contributed by atoms with E-state index in [0.717, 1.165) is 22.9 Å². The van der Waals surface area contributed by atoms with Gasteiger partial charge in [0, 0.05) is 21.7 Å². The Morgan fingerprint density at radius 2 is 2.25 bits per heavy atom. The van der Waals surface area contributed by atoms with E-state index in [9.17, 15) is 9.90 Å². The summed E-state index contributed by atoms with van der Waals surface area (Å²) in [6.45, 7) is 0.676. The smallest absolute Gasteiger partial charge is 0.265 e. The van der Waals surface area contributed by atoms with E-state index >= 15 is 0 Å². The molecule has 2 aromatic rings. The van der Waals surface area contributed by atoms with Crippen molar-refractivity contribution in [3.8, 4) is 0 Å². The maximum Gasteiger partial charge on any atom is 0.265 e. The lowest BCUT2D eigenvalue weighted by atomic mass is 10.2. The lowest BCUT2D eigenvalue weighted by molar-refractivity contribution is 0.0682. The van der Waals surface area contributed by atoms with Gasteiger partial charge in [0.25, 0.3) is 5.91 Å². The number of hydrogen-bond acceptors (Lipinski definition) is 3. The van der Waals surface area contributed by atoms with Gasteiger partial charge in [-0.3, -0.25) is 4.79 Å². The van der Waals surface area contributed by atoms with Crippen molar-refractivity contribution in [3.05, 3.63) is 33.1 Å². The van der Waals surface area contributed by atoms with Crippen LogP contribution in [0.1, 0.15) is 22.5 Å². The fourth-order valence-corrected chi connectivity index (χ4v) is 4.34. The molecule has 2 heterocycles. The molecular formula is C14H13Cl2NO2S. The predicted octanol–water partition coefficient (Wildman–Crippen LogP) is 3.81. The standard InChI is InChI=1S/C14H13Cl2NO2S/c15-8-3-4-10-11(6-8)20-13(12(10)16)14(19)17-5-1-2-9(17)7-18/h3-4,6,9,18H,1-2,5,7H2. The number of carbonyl (C=O) groups excluding carboxylic acids is 1. The number of nitrogens with zero attached hydrogens (tertiary/aromatic N) is 1. The van der Waals surface area contributed by atoms with Crippen LogP contribution in [0.5, 0.6) is 0 Å². The SMILES string of the molecule is O=C(c1sc2cc(Cl)ccc2c1Cl)N1CCCC1CO. The van der Waals surface area contributed by atoms with Gasteiger partial charge in [-0.25, -0.2) is 0 Å². The van der Waals surface area contributed by atoms with Gasteiger partial charge in [0.05, 0.1) is 17.7 Å². The van der Waals surface area contributed by atoms with Crippen LogP contribution in [0.3, 0.4) is 0 Å². The summed E-state index contributed by atoms with van der Waals surface area (Å²) in [6.07, 6.45) is 1.77. The first-order chi connectivity index (χ1) is 9.61. The predicted molar refractivity (Wildman–Crippen MR) is 83.0 cm³/mol. The second-order valence-electron chi connectivity index (χ2n) is 4.86. The Kier molecular flexibility index (Phi) is 3.91. The summed E-state index contributed by atoms with van der Waals surface area (Å²) < 4.78 is 0.908. The number of likely N-dealkylation sites (tertiary alicyclic amines) is 1. The molecule has 1 unspecified atom stereocenters. The maximum atomic E-state index is 12.6. The lowest BCUT2D eigenvalue weighted by Crippen LogP contribution is -2.37. The van der Waals surface area contributed by atoms with Crippen molar-refractivity contribution in [2.24, 2.45) is 0 Å². The number of carbonyl (C=O) groups is 1. The molecule has 6 heteroatoms. The number of aliphatic hydroxyl groups excluding tert-OH is 1. The summed E-state index contributed by atoms with van der Waals surface area (Å²) in [5, 5.41) is 11.3. The van der Waals surface area contributed by atoms with Crippen LogP contribution < -0.4 is 0 Å². The van der Waals surface area contributed by atoms with Crippen LogP contribution in [0, 0.1) is 0 Å². The number of hydrogen-bond donors (Lipinski definition) is 1. The number of aliphatic hydroxyl groups is 1. The van der Waals surface area contributed by atoms with Gasteiger partial charge in [-0.1, -0.05) is 29.3 Å². The topological polar surface area (TPSA) is 40.5 Å². The Bertz CT molecular complexity index is 670. The van der Waals surface area contributed by atoms with E-state index in [1.165, 1.54) is 11.3 Å². The largest absolute Gasteiger partial charge is 0.394 e. The molecule has 1 saturated heterocycles. The molecule has 0 saturated carbocycles. The van der Waals surface area contributed by atoms with Gasteiger partial charge >= 0.3 is 0 Å². The van der Waals surface area contributed by atoms with Gasteiger partial charge in [-0.2, -0.15) is 0 Å². The van der Waals surface area contributed by atoms with Crippen LogP contribution in [0.25, 0.3) is 10.1 Å². The third-order valence-corrected chi connectivity index (χ3v) is 5.51. The summed E-state index contributed by atoms with van der Waals surface area (Å²) in [5.74, 6) is -0.0936. The highest BCUT2D eigenvalue weighted by molar-refractivity contribution is 7.21. The van der Waals surface area contributed by atoms with Crippen molar-refractivity contribution in [1.82, 2.24) is 4.90 Å². The fourth-order valence-electron chi connectivity index (χ4n) is 2.60. The Morgan fingerprint density at radius 1 is 1.45 bits per heavy atom. The average Bonchev–Trinajstić information content (AvgIpc) is 3.02. The molecule has 0 aliphatic carbocycles. The molecule has 1 fully saturated rings. The second kappa shape index (κ2) is 5.53. The first-order valence-electron chi connectivity index (χ1n) is 6.41. The van der Waals surface area contributed by atoms with Crippen LogP contribution in [-0.4, -0.2) is 35.1 Å². The fraction of sp³-hybridized carbons (Fsp3) is 0.357. The molecule has 3 nitrogen and oxygen atoms in total. The van der Waals surface area contributed by atoms with E-state index in [0.29, 0.717) is 21.5 Å². The minimum Gasteiger partial charge on any atom is -0.394 e. The summed E-state index contributed by atoms with van der Waals surface area (Å²) in [6, 6.07) is 5.33. The normalized spacial score (nSPS) is 18.9. The monoisotopic (exact) mass is 329 g/mol. The first-order valence-corrected chi connectivity index (χ1v) is 7.98. The Labute approximate surface area is 130 Å². The zero-order valence-corrected chi connectivity index (χ0v) is 12.9. The Hall–Kier alpha value is -0.810. The molecule has 3 rings (SSSR count). The summed E-state index contributed by atoms with van der Waals surface area (Å²) in [7, 11) is 0. The number of rotatable bonds is 2. The van der Waals surface area contributed by atoms with E-state index in [4.69, 9.17) is 23.2 Å². The molecular weight excluding hydrogens is 317 g/mol. The number of benzene rings is 1. The highest BCUT2D eigenvalue weighted by Crippen LogP contribution is 2.38. The van der Waals surface area contributed by atoms with E-state index in [1.54, 1.807) is 11.0 Å². The highest BCUT2D eigenvalue weighted by atomic mass is 35.5. The molecule has 0 radical (unpaired) electrons. The number of amides is 1. The highest BCUT2D eigenvalue weighted by Gasteiger charge is 2.31. The van der Waals surface area contributed by atoms with Gasteiger partial charge < -0.3 is 10.0 Å². The van der Waals surface area contributed by atoms with Crippen LogP contribution in [0.2, 0.25) is 10.0 Å². The van der Waals surface area contributed by atoms with Crippen LogP contribution in [0.15, 0.2) is 18.2 Å². The molecule has 1 aliphatic rings. The van der Waals surface area contributed by atoms with Gasteiger partial charge in [0.1, 0.15) is 4.88 Å². The Morgan fingerprint density at radius 3 is 3.00 bits per heavy atom. The lowest BCUT2D eigenvalue weighted by Gasteiger charge is -2.22. The molecule has 0 spiro atoms. The summed E-state index contributed by atoms with van der Waals surface area (Å²) >= 11 is 13.7. The molecule has 1 aromatic heterocycles. The van der Waals surface area contributed by atoms with Crippen molar-refractivity contribution >= 4 is 50.5 Å². The van der Waals surface area contributed by atoms with Crippen molar-refractivity contribution in [1.29, 1.82) is 0 Å². The van der Waals surface area contributed by atoms with E-state index in [2.05, 4.69) is 0 Å². The van der Waals surface area contributed by atoms with E-state index in [1.807, 2.05) is 12.1 Å². The molecule has 1 N–H and O–H groups in total. The number of fused-ring (bicyclic) bond motifs is 1. The van der Waals surface area contributed by atoms with Crippen molar-refractivity contribution in [2.45, 2.75) is 18.9 Å². The molecule has 1 atom stereocenters. The molecule has 20 heavy (non-hydrogen) atoms. The van der Waals surface area contributed by atoms with Gasteiger partial charge in [0.2, 0.25) is 0 Å². The maximum absolute atomic E-state index is 12.6. The average molecular weight is 330 g/mol. The minimum absolute atomic E-state index is 0.0000816.